The molecule has 6 atom stereocenters. The first-order chi connectivity index (χ1) is 29.6. The maximum atomic E-state index is 14.4. The summed E-state index contributed by atoms with van der Waals surface area (Å²) in [5, 5.41) is 16.9. The molecule has 1 aromatic heterocycles. The summed E-state index contributed by atoms with van der Waals surface area (Å²) in [6.45, 7) is 9.96. The van der Waals surface area contributed by atoms with Crippen LogP contribution in [-0.2, 0) is 41.6 Å². The highest BCUT2D eigenvalue weighted by molar-refractivity contribution is 5.97. The average molecular weight is 854 g/mol. The standard InChI is InChI=1S/C47H67N9O6/c1-6-14-37(52-46(61)40(54-43(58)35(49)20-11-12-22-48)25-31-17-13-16-30-15-7-8-18-33(30)31)44(59)56-41(26-32-27-51-36-21-10-9-19-34(32)36)47(62)55-39(24-29(4)5)45(60)53-38(42(50)57)23-28(2)3/h7-10,13,15-19,21,27-29,35,37-41,51H,6,11-12,14,20,22-26,48-49H2,1-5H3,(H2,50,57)(H,52,61)(H,53,60)(H,54,58)(H,55,62)(H,56,59)/t35-,37-,38-,39-,40+,41+/m0/s1. The highest BCUT2D eigenvalue weighted by Crippen LogP contribution is 2.22. The average Bonchev–Trinajstić information content (AvgIpc) is 3.64. The van der Waals surface area contributed by atoms with Crippen LogP contribution in [0, 0.1) is 11.8 Å². The summed E-state index contributed by atoms with van der Waals surface area (Å²) in [5.41, 5.74) is 19.9. The molecule has 0 spiro atoms. The molecule has 15 nitrogen and oxygen atoms in total. The number of aromatic amines is 1. The number of primary amides is 1. The Kier molecular flexibility index (Phi) is 18.9. The van der Waals surface area contributed by atoms with Crippen molar-refractivity contribution in [1.29, 1.82) is 0 Å². The van der Waals surface area contributed by atoms with Gasteiger partial charge in [0, 0.05) is 29.9 Å². The van der Waals surface area contributed by atoms with E-state index in [1.54, 1.807) is 6.20 Å². The maximum Gasteiger partial charge on any atom is 0.243 e. The van der Waals surface area contributed by atoms with E-state index in [9.17, 15) is 28.8 Å². The van der Waals surface area contributed by atoms with Crippen molar-refractivity contribution in [3.05, 3.63) is 84.1 Å². The van der Waals surface area contributed by atoms with Crippen molar-refractivity contribution in [3.8, 4) is 0 Å². The van der Waals surface area contributed by atoms with Gasteiger partial charge in [-0.25, -0.2) is 0 Å². The van der Waals surface area contributed by atoms with Crippen molar-refractivity contribution < 1.29 is 28.8 Å². The Labute approximate surface area is 364 Å². The number of nitrogens with two attached hydrogens (primary N) is 3. The zero-order chi connectivity index (χ0) is 45.3. The fourth-order valence-electron chi connectivity index (χ4n) is 7.62. The van der Waals surface area contributed by atoms with Crippen LogP contribution in [0.5, 0.6) is 0 Å². The Balaban J connectivity index is 1.63. The molecule has 1 heterocycles. The van der Waals surface area contributed by atoms with E-state index in [2.05, 4.69) is 31.6 Å². The molecular formula is C47H67N9O6. The number of aromatic nitrogens is 1. The number of carbonyl (C=O) groups is 6. The van der Waals surface area contributed by atoms with Gasteiger partial charge in [-0.3, -0.25) is 28.8 Å². The quantitative estimate of drug-likeness (QED) is 0.0446. The van der Waals surface area contributed by atoms with Gasteiger partial charge >= 0.3 is 0 Å². The number of H-pyrrole nitrogens is 1. The number of para-hydroxylation sites is 1. The number of hydrogen-bond acceptors (Lipinski definition) is 8. The summed E-state index contributed by atoms with van der Waals surface area (Å²) in [6, 6.07) is 14.8. The first-order valence-corrected chi connectivity index (χ1v) is 21.9. The minimum Gasteiger partial charge on any atom is -0.368 e. The molecule has 12 N–H and O–H groups in total. The van der Waals surface area contributed by atoms with Crippen LogP contribution < -0.4 is 43.8 Å². The highest BCUT2D eigenvalue weighted by atomic mass is 16.2. The van der Waals surface area contributed by atoms with Gasteiger partial charge in [0.2, 0.25) is 35.4 Å². The molecule has 62 heavy (non-hydrogen) atoms. The number of benzene rings is 3. The third-order valence-corrected chi connectivity index (χ3v) is 10.9. The van der Waals surface area contributed by atoms with Crippen molar-refractivity contribution in [2.75, 3.05) is 6.54 Å². The van der Waals surface area contributed by atoms with E-state index in [0.29, 0.717) is 38.6 Å². The lowest BCUT2D eigenvalue weighted by Crippen LogP contribution is -2.60. The number of nitrogens with one attached hydrogen (secondary N) is 6. The molecule has 0 radical (unpaired) electrons. The molecule has 3 aromatic carbocycles. The molecule has 0 unspecified atom stereocenters. The van der Waals surface area contributed by atoms with Crippen LogP contribution >= 0.6 is 0 Å². The third kappa shape index (κ3) is 14.4. The number of rotatable bonds is 25. The van der Waals surface area contributed by atoms with Crippen molar-refractivity contribution in [1.82, 2.24) is 31.6 Å². The fraction of sp³-hybridized carbons (Fsp3) is 0.489. The van der Waals surface area contributed by atoms with Gasteiger partial charge in [0.25, 0.3) is 0 Å². The van der Waals surface area contributed by atoms with Gasteiger partial charge in [0.1, 0.15) is 30.2 Å². The van der Waals surface area contributed by atoms with Crippen molar-refractivity contribution in [3.63, 3.8) is 0 Å². The topological polar surface area (TPSA) is 256 Å². The lowest BCUT2D eigenvalue weighted by Gasteiger charge is -2.28. The second-order valence-corrected chi connectivity index (χ2v) is 17.1. The van der Waals surface area contributed by atoms with Gasteiger partial charge in [0.15, 0.2) is 0 Å². The molecule has 0 bridgehead atoms. The van der Waals surface area contributed by atoms with Gasteiger partial charge in [0.05, 0.1) is 6.04 Å². The van der Waals surface area contributed by atoms with E-state index in [4.69, 9.17) is 17.2 Å². The maximum absolute atomic E-state index is 14.4. The van der Waals surface area contributed by atoms with E-state index >= 15 is 0 Å². The summed E-state index contributed by atoms with van der Waals surface area (Å²) < 4.78 is 0. The number of unbranched alkanes of at least 4 members (excludes halogenated alkanes) is 1. The summed E-state index contributed by atoms with van der Waals surface area (Å²) in [6.07, 6.45) is 4.94. The second-order valence-electron chi connectivity index (χ2n) is 17.1. The van der Waals surface area contributed by atoms with E-state index in [1.807, 2.05) is 101 Å². The van der Waals surface area contributed by atoms with E-state index in [0.717, 1.165) is 32.8 Å². The molecule has 0 saturated carbocycles. The van der Waals surface area contributed by atoms with Crippen LogP contribution in [0.15, 0.2) is 72.9 Å². The van der Waals surface area contributed by atoms with Gasteiger partial charge < -0.3 is 48.8 Å². The van der Waals surface area contributed by atoms with Crippen LogP contribution in [0.25, 0.3) is 21.7 Å². The predicted molar refractivity (Wildman–Crippen MR) is 243 cm³/mol. The summed E-state index contributed by atoms with van der Waals surface area (Å²) >= 11 is 0. The minimum atomic E-state index is -1.19. The Morgan fingerprint density at radius 2 is 1.10 bits per heavy atom. The SMILES string of the molecule is CCC[C@H](NC(=O)[C@@H](Cc1cccc2ccccc12)NC(=O)[C@@H](N)CCCCN)C(=O)N[C@H](Cc1c[nH]c2ccccc12)C(=O)N[C@@H](CC(C)C)C(=O)N[C@@H](CC(C)C)C(N)=O. The van der Waals surface area contributed by atoms with Crippen LogP contribution in [-0.4, -0.2) is 83.2 Å². The first kappa shape index (κ1) is 48.9. The molecule has 336 valence electrons. The second kappa shape index (κ2) is 24.0. The largest absolute Gasteiger partial charge is 0.368 e. The number of amides is 6. The van der Waals surface area contributed by atoms with E-state index < -0.39 is 71.7 Å². The Hall–Kier alpha value is -5.80. The normalized spacial score (nSPS) is 14.4. The van der Waals surface area contributed by atoms with Crippen molar-refractivity contribution in [2.24, 2.45) is 29.0 Å². The lowest BCUT2D eigenvalue weighted by molar-refractivity contribution is -0.135. The van der Waals surface area contributed by atoms with Crippen LogP contribution in [0.1, 0.15) is 90.7 Å². The zero-order valence-corrected chi connectivity index (χ0v) is 36.8. The molecular weight excluding hydrogens is 787 g/mol. The predicted octanol–water partition coefficient (Wildman–Crippen LogP) is 3.36. The molecule has 0 aliphatic carbocycles. The van der Waals surface area contributed by atoms with Crippen molar-refractivity contribution in [2.45, 2.75) is 129 Å². The molecule has 6 amide bonds. The number of carbonyl (C=O) groups excluding carboxylic acids is 6. The van der Waals surface area contributed by atoms with Crippen molar-refractivity contribution >= 4 is 57.1 Å². The Morgan fingerprint density at radius 3 is 1.74 bits per heavy atom. The molecule has 0 aliphatic heterocycles. The molecule has 15 heteroatoms. The zero-order valence-electron chi connectivity index (χ0n) is 36.8. The summed E-state index contributed by atoms with van der Waals surface area (Å²) in [4.78, 5) is 85.7. The minimum absolute atomic E-state index is 0.0308. The molecule has 0 aliphatic rings. The smallest absolute Gasteiger partial charge is 0.243 e. The Bertz CT molecular complexity index is 2130. The van der Waals surface area contributed by atoms with Gasteiger partial charge in [-0.05, 0) is 78.5 Å². The lowest BCUT2D eigenvalue weighted by atomic mass is 9.97. The van der Waals surface area contributed by atoms with Crippen LogP contribution in [0.4, 0.5) is 0 Å². The number of fused-ring (bicyclic) bond motifs is 2. The monoisotopic (exact) mass is 854 g/mol. The Morgan fingerprint density at radius 1 is 0.581 bits per heavy atom. The molecule has 4 aromatic rings. The molecule has 0 fully saturated rings. The van der Waals surface area contributed by atoms with Gasteiger partial charge in [-0.15, -0.1) is 0 Å². The highest BCUT2D eigenvalue weighted by Gasteiger charge is 2.33. The summed E-state index contributed by atoms with van der Waals surface area (Å²) in [5.74, 6) is -3.56. The molecule has 0 saturated heterocycles. The van der Waals surface area contributed by atoms with Gasteiger partial charge in [-0.2, -0.15) is 0 Å². The van der Waals surface area contributed by atoms with Gasteiger partial charge in [-0.1, -0.05) is 108 Å². The third-order valence-electron chi connectivity index (χ3n) is 10.9. The number of hydrogen-bond donors (Lipinski definition) is 9. The van der Waals surface area contributed by atoms with Crippen LogP contribution in [0.2, 0.25) is 0 Å². The first-order valence-electron chi connectivity index (χ1n) is 21.9. The summed E-state index contributed by atoms with van der Waals surface area (Å²) in [7, 11) is 0. The fourth-order valence-corrected chi connectivity index (χ4v) is 7.62. The van der Waals surface area contributed by atoms with Crippen LogP contribution in [0.3, 0.4) is 0 Å². The van der Waals surface area contributed by atoms with E-state index in [-0.39, 0.29) is 37.5 Å². The van der Waals surface area contributed by atoms with E-state index in [1.165, 1.54) is 0 Å². The molecule has 4 rings (SSSR count).